The number of rotatable bonds is 5. The van der Waals surface area contributed by atoms with Crippen LogP contribution in [0.25, 0.3) is 0 Å². The number of hydrogen-bond acceptors (Lipinski definition) is 4. The standard InChI is InChI=1S/C19H15F3N4O/c20-19(21,22)15-4-1-5-16(9-15)26-17-7-6-14(12-24-17)18(27)25-11-13-3-2-8-23-10-13/h1-10,12H,11H2,(H,24,26)(H,25,27). The molecule has 3 aromatic rings. The van der Waals surface area contributed by atoms with Gasteiger partial charge in [-0.1, -0.05) is 12.1 Å². The summed E-state index contributed by atoms with van der Waals surface area (Å²) in [5, 5.41) is 5.53. The number of aromatic nitrogens is 2. The van der Waals surface area contributed by atoms with Crippen molar-refractivity contribution < 1.29 is 18.0 Å². The number of benzene rings is 1. The second-order valence-corrected chi connectivity index (χ2v) is 5.68. The van der Waals surface area contributed by atoms with Crippen molar-refractivity contribution in [3.8, 4) is 0 Å². The summed E-state index contributed by atoms with van der Waals surface area (Å²) < 4.78 is 38.3. The number of halogens is 3. The third-order valence-corrected chi connectivity index (χ3v) is 3.66. The Morgan fingerprint density at radius 1 is 1.04 bits per heavy atom. The fraction of sp³-hybridized carbons (Fsp3) is 0.105. The van der Waals surface area contributed by atoms with Crippen LogP contribution in [0.15, 0.2) is 67.1 Å². The number of hydrogen-bond donors (Lipinski definition) is 2. The number of nitrogens with zero attached hydrogens (tertiary/aromatic N) is 2. The Labute approximate surface area is 153 Å². The maximum absolute atomic E-state index is 12.8. The number of carbonyl (C=O) groups excluding carboxylic acids is 1. The van der Waals surface area contributed by atoms with Crippen LogP contribution in [0.2, 0.25) is 0 Å². The topological polar surface area (TPSA) is 66.9 Å². The lowest BCUT2D eigenvalue weighted by Crippen LogP contribution is -2.22. The molecule has 0 atom stereocenters. The minimum absolute atomic E-state index is 0.256. The van der Waals surface area contributed by atoms with Crippen LogP contribution in [-0.2, 0) is 12.7 Å². The lowest BCUT2D eigenvalue weighted by Gasteiger charge is -2.10. The minimum atomic E-state index is -4.42. The molecule has 1 aromatic carbocycles. The van der Waals surface area contributed by atoms with Crippen LogP contribution in [0.5, 0.6) is 0 Å². The van der Waals surface area contributed by atoms with Crippen LogP contribution >= 0.6 is 0 Å². The van der Waals surface area contributed by atoms with E-state index in [2.05, 4.69) is 20.6 Å². The average molecular weight is 372 g/mol. The minimum Gasteiger partial charge on any atom is -0.348 e. The molecule has 0 saturated heterocycles. The van der Waals surface area contributed by atoms with Crippen LogP contribution in [0, 0.1) is 0 Å². The van der Waals surface area contributed by atoms with Crippen LogP contribution in [0.3, 0.4) is 0 Å². The van der Waals surface area contributed by atoms with Crippen molar-refractivity contribution in [3.63, 3.8) is 0 Å². The molecular formula is C19H15F3N4O. The predicted octanol–water partition coefficient (Wildman–Crippen LogP) is 4.17. The molecule has 0 aliphatic heterocycles. The predicted molar refractivity (Wildman–Crippen MR) is 94.4 cm³/mol. The number of alkyl halides is 3. The molecule has 27 heavy (non-hydrogen) atoms. The van der Waals surface area contributed by atoms with Crippen LogP contribution in [0.4, 0.5) is 24.7 Å². The normalized spacial score (nSPS) is 11.1. The third kappa shape index (κ3) is 5.04. The highest BCUT2D eigenvalue weighted by Crippen LogP contribution is 2.31. The van der Waals surface area contributed by atoms with Crippen molar-refractivity contribution in [1.29, 1.82) is 0 Å². The van der Waals surface area contributed by atoms with Crippen molar-refractivity contribution in [1.82, 2.24) is 15.3 Å². The molecule has 5 nitrogen and oxygen atoms in total. The number of anilines is 2. The Morgan fingerprint density at radius 3 is 2.56 bits per heavy atom. The molecule has 0 spiro atoms. The van der Waals surface area contributed by atoms with Gasteiger partial charge in [0.05, 0.1) is 11.1 Å². The van der Waals surface area contributed by atoms with E-state index in [1.807, 2.05) is 6.07 Å². The summed E-state index contributed by atoms with van der Waals surface area (Å²) >= 11 is 0. The van der Waals surface area contributed by atoms with Gasteiger partial charge in [-0.25, -0.2) is 4.98 Å². The summed E-state index contributed by atoms with van der Waals surface area (Å²) in [5.74, 6) is 0.0232. The Hall–Kier alpha value is -3.42. The molecule has 8 heteroatoms. The summed E-state index contributed by atoms with van der Waals surface area (Å²) in [4.78, 5) is 20.2. The van der Waals surface area contributed by atoms with Gasteiger partial charge in [-0.3, -0.25) is 9.78 Å². The van der Waals surface area contributed by atoms with E-state index < -0.39 is 11.7 Å². The second-order valence-electron chi connectivity index (χ2n) is 5.68. The molecule has 0 saturated carbocycles. The number of amides is 1. The summed E-state index contributed by atoms with van der Waals surface area (Å²) in [6.45, 7) is 0.330. The monoisotopic (exact) mass is 372 g/mol. The Morgan fingerprint density at radius 2 is 1.89 bits per heavy atom. The Bertz CT molecular complexity index is 912. The van der Waals surface area contributed by atoms with Gasteiger partial charge in [-0.15, -0.1) is 0 Å². The number of carbonyl (C=O) groups is 1. The second kappa shape index (κ2) is 7.86. The van der Waals surface area contributed by atoms with Gasteiger partial charge in [0.1, 0.15) is 5.82 Å². The lowest BCUT2D eigenvalue weighted by atomic mass is 10.2. The van der Waals surface area contributed by atoms with E-state index in [-0.39, 0.29) is 11.6 Å². The van der Waals surface area contributed by atoms with Crippen molar-refractivity contribution in [2.75, 3.05) is 5.32 Å². The summed E-state index contributed by atoms with van der Waals surface area (Å²) in [7, 11) is 0. The summed E-state index contributed by atoms with van der Waals surface area (Å²) in [6.07, 6.45) is 0.238. The van der Waals surface area contributed by atoms with Gasteiger partial charge in [-0.2, -0.15) is 13.2 Å². The highest BCUT2D eigenvalue weighted by Gasteiger charge is 2.30. The van der Waals surface area contributed by atoms with Crippen molar-refractivity contribution in [2.24, 2.45) is 0 Å². The molecule has 0 aliphatic carbocycles. The van der Waals surface area contributed by atoms with Gasteiger partial charge < -0.3 is 10.6 Å². The largest absolute Gasteiger partial charge is 0.416 e. The zero-order valence-electron chi connectivity index (χ0n) is 14.0. The third-order valence-electron chi connectivity index (χ3n) is 3.66. The molecule has 2 N–H and O–H groups in total. The first-order chi connectivity index (χ1) is 12.9. The molecule has 3 rings (SSSR count). The fourth-order valence-electron chi connectivity index (χ4n) is 2.31. The van der Waals surface area contributed by atoms with Gasteiger partial charge in [0.25, 0.3) is 5.91 Å². The first kappa shape index (κ1) is 18.4. The molecule has 0 radical (unpaired) electrons. The van der Waals surface area contributed by atoms with Gasteiger partial charge >= 0.3 is 6.18 Å². The van der Waals surface area contributed by atoms with Crippen molar-refractivity contribution in [3.05, 3.63) is 83.8 Å². The van der Waals surface area contributed by atoms with E-state index in [1.54, 1.807) is 24.5 Å². The molecular weight excluding hydrogens is 357 g/mol. The Balaban J connectivity index is 1.62. The molecule has 0 fully saturated rings. The highest BCUT2D eigenvalue weighted by atomic mass is 19.4. The molecule has 0 bridgehead atoms. The zero-order valence-corrected chi connectivity index (χ0v) is 14.0. The molecule has 1 amide bonds. The van der Waals surface area contributed by atoms with E-state index in [4.69, 9.17) is 0 Å². The first-order valence-corrected chi connectivity index (χ1v) is 7.99. The lowest BCUT2D eigenvalue weighted by molar-refractivity contribution is -0.137. The molecule has 0 aliphatic rings. The molecule has 2 aromatic heterocycles. The zero-order chi connectivity index (χ0) is 19.3. The van der Waals surface area contributed by atoms with E-state index in [0.29, 0.717) is 17.9 Å². The summed E-state index contributed by atoms with van der Waals surface area (Å²) in [6, 6.07) is 11.5. The average Bonchev–Trinajstić information content (AvgIpc) is 2.67. The van der Waals surface area contributed by atoms with Gasteiger partial charge in [0.2, 0.25) is 0 Å². The molecule has 0 unspecified atom stereocenters. The Kier molecular flexibility index (Phi) is 5.35. The fourth-order valence-corrected chi connectivity index (χ4v) is 2.31. The van der Waals surface area contributed by atoms with E-state index in [1.165, 1.54) is 24.4 Å². The van der Waals surface area contributed by atoms with E-state index >= 15 is 0 Å². The van der Waals surface area contributed by atoms with Crippen LogP contribution in [-0.4, -0.2) is 15.9 Å². The van der Waals surface area contributed by atoms with Gasteiger partial charge in [0, 0.05) is 30.8 Å². The van der Waals surface area contributed by atoms with E-state index in [0.717, 1.165) is 17.7 Å². The smallest absolute Gasteiger partial charge is 0.348 e. The highest BCUT2D eigenvalue weighted by molar-refractivity contribution is 5.94. The number of pyridine rings is 2. The quantitative estimate of drug-likeness (QED) is 0.706. The van der Waals surface area contributed by atoms with Crippen LogP contribution in [0.1, 0.15) is 21.5 Å². The SMILES string of the molecule is O=C(NCc1cccnc1)c1ccc(Nc2cccc(C(F)(F)F)c2)nc1. The number of nitrogens with one attached hydrogen (secondary N) is 2. The van der Waals surface area contributed by atoms with Crippen LogP contribution < -0.4 is 10.6 Å². The van der Waals surface area contributed by atoms with Gasteiger partial charge in [-0.05, 0) is 42.0 Å². The maximum Gasteiger partial charge on any atom is 0.416 e. The van der Waals surface area contributed by atoms with Crippen molar-refractivity contribution >= 4 is 17.4 Å². The first-order valence-electron chi connectivity index (χ1n) is 7.99. The van der Waals surface area contributed by atoms with Crippen molar-refractivity contribution in [2.45, 2.75) is 12.7 Å². The summed E-state index contributed by atoms with van der Waals surface area (Å²) in [5.41, 5.74) is 0.708. The molecule has 2 heterocycles. The molecule has 138 valence electrons. The van der Waals surface area contributed by atoms with Gasteiger partial charge in [0.15, 0.2) is 0 Å². The van der Waals surface area contributed by atoms with E-state index in [9.17, 15) is 18.0 Å². The maximum atomic E-state index is 12.8.